The second kappa shape index (κ2) is 5.58. The summed E-state index contributed by atoms with van der Waals surface area (Å²) in [7, 11) is 0. The lowest BCUT2D eigenvalue weighted by Gasteiger charge is -2.04. The Balaban J connectivity index is 1.76. The Morgan fingerprint density at radius 1 is 0.609 bits per heavy atom. The summed E-state index contributed by atoms with van der Waals surface area (Å²) in [4.78, 5) is 0. The van der Waals surface area contributed by atoms with Crippen LogP contribution in [0.15, 0.2) is 78.9 Å². The Hall–Kier alpha value is -2.54. The van der Waals surface area contributed by atoms with E-state index in [-0.39, 0.29) is 0 Å². The van der Waals surface area contributed by atoms with Crippen LogP contribution in [-0.4, -0.2) is 5.11 Å². The zero-order chi connectivity index (χ0) is 15.8. The third-order valence-corrected chi connectivity index (χ3v) is 4.96. The maximum atomic E-state index is 10.3. The highest BCUT2D eigenvalue weighted by Crippen LogP contribution is 2.67. The number of aromatic hydroxyl groups is 1. The number of benzene rings is 3. The fraction of sp³-hybridized carbons (Fsp3) is 0.182. The van der Waals surface area contributed by atoms with Gasteiger partial charge in [0, 0.05) is 5.92 Å². The smallest absolute Gasteiger partial charge is 0.119 e. The van der Waals surface area contributed by atoms with Crippen LogP contribution in [0, 0.1) is 6.92 Å². The molecule has 1 aliphatic rings. The van der Waals surface area contributed by atoms with Gasteiger partial charge in [0.05, 0.1) is 0 Å². The van der Waals surface area contributed by atoms with Crippen molar-refractivity contribution in [3.05, 3.63) is 101 Å². The predicted octanol–water partition coefficient (Wildman–Crippen LogP) is 5.37. The van der Waals surface area contributed by atoms with Crippen molar-refractivity contribution in [2.24, 2.45) is 0 Å². The van der Waals surface area contributed by atoms with Crippen molar-refractivity contribution in [3.8, 4) is 5.75 Å². The van der Waals surface area contributed by atoms with Crippen LogP contribution in [0.5, 0.6) is 5.75 Å². The van der Waals surface area contributed by atoms with E-state index < -0.39 is 0 Å². The number of aryl methyl sites for hydroxylation is 1. The van der Waals surface area contributed by atoms with Crippen LogP contribution in [0.4, 0.5) is 0 Å². The lowest BCUT2D eigenvalue weighted by Crippen LogP contribution is -1.85. The Bertz CT molecular complexity index is 805. The van der Waals surface area contributed by atoms with E-state index in [2.05, 4.69) is 67.6 Å². The molecule has 3 atom stereocenters. The number of hydrogen-bond acceptors (Lipinski definition) is 1. The molecule has 0 heterocycles. The van der Waals surface area contributed by atoms with Crippen molar-refractivity contribution in [2.75, 3.05) is 0 Å². The zero-order valence-electron chi connectivity index (χ0n) is 13.2. The van der Waals surface area contributed by atoms with Gasteiger partial charge in [0.2, 0.25) is 0 Å². The number of rotatable bonds is 3. The molecule has 3 aromatic rings. The number of phenolic OH excluding ortho intramolecular Hbond substituents is 1. The van der Waals surface area contributed by atoms with Crippen LogP contribution in [0.1, 0.15) is 40.0 Å². The monoisotopic (exact) mass is 300 g/mol. The molecule has 0 saturated heterocycles. The van der Waals surface area contributed by atoms with Crippen LogP contribution < -0.4 is 0 Å². The zero-order valence-corrected chi connectivity index (χ0v) is 13.2. The van der Waals surface area contributed by atoms with Crippen molar-refractivity contribution in [2.45, 2.75) is 24.7 Å². The Morgan fingerprint density at radius 3 is 1.83 bits per heavy atom. The Kier molecular flexibility index (Phi) is 3.42. The summed E-state index contributed by atoms with van der Waals surface area (Å²) in [6.45, 7) is 2.12. The van der Waals surface area contributed by atoms with Crippen LogP contribution in [0.3, 0.4) is 0 Å². The molecule has 3 aromatic carbocycles. The van der Waals surface area contributed by atoms with Crippen LogP contribution in [0.25, 0.3) is 0 Å². The Labute approximate surface area is 137 Å². The van der Waals surface area contributed by atoms with E-state index in [4.69, 9.17) is 0 Å². The van der Waals surface area contributed by atoms with Crippen molar-refractivity contribution < 1.29 is 5.11 Å². The maximum Gasteiger partial charge on any atom is 0.119 e. The molecule has 1 aliphatic carbocycles. The number of phenols is 1. The van der Waals surface area contributed by atoms with Crippen molar-refractivity contribution in [1.29, 1.82) is 0 Å². The second-order valence-electron chi connectivity index (χ2n) is 6.46. The summed E-state index contributed by atoms with van der Waals surface area (Å²) in [6, 6.07) is 27.2. The average molecular weight is 300 g/mol. The van der Waals surface area contributed by atoms with Crippen molar-refractivity contribution in [3.63, 3.8) is 0 Å². The van der Waals surface area contributed by atoms with Gasteiger partial charge in [-0.1, -0.05) is 78.4 Å². The topological polar surface area (TPSA) is 20.2 Å². The first-order valence-corrected chi connectivity index (χ1v) is 8.15. The van der Waals surface area contributed by atoms with Gasteiger partial charge in [-0.2, -0.15) is 0 Å². The molecule has 0 aliphatic heterocycles. The summed E-state index contributed by atoms with van der Waals surface area (Å²) < 4.78 is 0. The first-order valence-electron chi connectivity index (χ1n) is 8.15. The summed E-state index contributed by atoms with van der Waals surface area (Å²) in [6.07, 6.45) is 0. The summed E-state index contributed by atoms with van der Waals surface area (Å²) in [5.74, 6) is 1.63. The van der Waals surface area contributed by atoms with Crippen LogP contribution >= 0.6 is 0 Å². The molecule has 1 N–H and O–H groups in total. The predicted molar refractivity (Wildman–Crippen MR) is 94.0 cm³/mol. The van der Waals surface area contributed by atoms with Gasteiger partial charge in [-0.15, -0.1) is 0 Å². The number of hydrogen-bond donors (Lipinski definition) is 1. The standard InChI is InChI=1S/C22H20O/c1-15-11-13-17(14-12-15)21-20(16-7-3-2-4-8-16)22(21)18-9-5-6-10-19(18)23/h2-14,20-23H,1H3. The molecular formula is C22H20O. The lowest BCUT2D eigenvalue weighted by atomic mass is 10.0. The van der Waals surface area contributed by atoms with E-state index in [1.54, 1.807) is 6.07 Å². The van der Waals surface area contributed by atoms with Crippen LogP contribution in [0.2, 0.25) is 0 Å². The van der Waals surface area contributed by atoms with Crippen molar-refractivity contribution >= 4 is 0 Å². The molecule has 1 fully saturated rings. The highest BCUT2D eigenvalue weighted by Gasteiger charge is 2.53. The molecule has 0 spiro atoms. The molecule has 4 rings (SSSR count). The van der Waals surface area contributed by atoms with Gasteiger partial charge in [-0.05, 0) is 41.5 Å². The SMILES string of the molecule is Cc1ccc(C2C(c3ccccc3)C2c2ccccc2O)cc1. The van der Waals surface area contributed by atoms with E-state index in [1.807, 2.05) is 12.1 Å². The van der Waals surface area contributed by atoms with Gasteiger partial charge in [0.15, 0.2) is 0 Å². The van der Waals surface area contributed by atoms with E-state index in [9.17, 15) is 5.11 Å². The minimum Gasteiger partial charge on any atom is -0.508 e. The molecule has 1 heteroatoms. The molecule has 114 valence electrons. The second-order valence-corrected chi connectivity index (χ2v) is 6.46. The summed E-state index contributed by atoms with van der Waals surface area (Å²) in [5.41, 5.74) is 5.06. The molecule has 0 amide bonds. The Morgan fingerprint density at radius 2 is 1.17 bits per heavy atom. The van der Waals surface area contributed by atoms with Crippen LogP contribution in [-0.2, 0) is 0 Å². The molecule has 23 heavy (non-hydrogen) atoms. The largest absolute Gasteiger partial charge is 0.508 e. The maximum absolute atomic E-state index is 10.3. The van der Waals surface area contributed by atoms with E-state index in [0.717, 1.165) is 5.56 Å². The van der Waals surface area contributed by atoms with Gasteiger partial charge >= 0.3 is 0 Å². The highest BCUT2D eigenvalue weighted by atomic mass is 16.3. The first kappa shape index (κ1) is 14.1. The van der Waals surface area contributed by atoms with Gasteiger partial charge in [-0.3, -0.25) is 0 Å². The van der Waals surface area contributed by atoms with Gasteiger partial charge in [0.25, 0.3) is 0 Å². The van der Waals surface area contributed by atoms with Crippen molar-refractivity contribution in [1.82, 2.24) is 0 Å². The highest BCUT2D eigenvalue weighted by molar-refractivity contribution is 5.51. The fourth-order valence-electron chi connectivity index (χ4n) is 3.76. The first-order chi connectivity index (χ1) is 11.3. The van der Waals surface area contributed by atoms with Gasteiger partial charge < -0.3 is 5.11 Å². The normalized spacial score (nSPS) is 22.7. The molecule has 0 radical (unpaired) electrons. The summed E-state index contributed by atoms with van der Waals surface area (Å²) in [5, 5.41) is 10.3. The fourth-order valence-corrected chi connectivity index (χ4v) is 3.76. The van der Waals surface area contributed by atoms with Gasteiger partial charge in [0.1, 0.15) is 5.75 Å². The van der Waals surface area contributed by atoms with E-state index >= 15 is 0 Å². The van der Waals surface area contributed by atoms with E-state index in [0.29, 0.717) is 23.5 Å². The van der Waals surface area contributed by atoms with Gasteiger partial charge in [-0.25, -0.2) is 0 Å². The third-order valence-electron chi connectivity index (χ3n) is 4.96. The molecule has 1 nitrogen and oxygen atoms in total. The minimum absolute atomic E-state index is 0.348. The number of para-hydroxylation sites is 1. The molecular weight excluding hydrogens is 280 g/mol. The average Bonchev–Trinajstić information content (AvgIpc) is 3.32. The molecule has 0 aromatic heterocycles. The summed E-state index contributed by atoms with van der Waals surface area (Å²) >= 11 is 0. The quantitative estimate of drug-likeness (QED) is 0.690. The third kappa shape index (κ3) is 2.53. The molecule has 1 saturated carbocycles. The lowest BCUT2D eigenvalue weighted by molar-refractivity contribution is 0.467. The molecule has 3 unspecified atom stereocenters. The van der Waals surface area contributed by atoms with E-state index in [1.165, 1.54) is 16.7 Å². The molecule has 0 bridgehead atoms. The minimum atomic E-state index is 0.348.